The van der Waals surface area contributed by atoms with E-state index in [1.165, 1.54) is 45.4 Å². The summed E-state index contributed by atoms with van der Waals surface area (Å²) in [6.45, 7) is 10.3. The first kappa shape index (κ1) is 30.8. The number of carbonyl (C=O) groups excluding carboxylic acids is 3. The molecule has 3 aromatic rings. The van der Waals surface area contributed by atoms with Gasteiger partial charge in [0, 0.05) is 42.9 Å². The molecule has 2 fully saturated rings. The first-order valence-corrected chi connectivity index (χ1v) is 16.0. The van der Waals surface area contributed by atoms with E-state index >= 15 is 0 Å². The van der Waals surface area contributed by atoms with Crippen molar-refractivity contribution < 1.29 is 14.4 Å². The molecule has 1 aliphatic heterocycles. The topological polar surface area (TPSA) is 110 Å². The number of hydrogen-bond donors (Lipinski definition) is 1. The molecule has 0 spiro atoms. The zero-order valence-corrected chi connectivity index (χ0v) is 26.4. The van der Waals surface area contributed by atoms with E-state index in [9.17, 15) is 14.4 Å². The van der Waals surface area contributed by atoms with Gasteiger partial charge >= 0.3 is 0 Å². The van der Waals surface area contributed by atoms with Gasteiger partial charge in [0.2, 0.25) is 11.8 Å². The van der Waals surface area contributed by atoms with Gasteiger partial charge in [-0.15, -0.1) is 0 Å². The fraction of sp³-hybridized carbons (Fsp3) is 0.588. The molecule has 2 amide bonds. The molecular formula is C34H46N6O3. The molecule has 0 radical (unpaired) electrons. The Bertz CT molecular complexity index is 1500. The highest BCUT2D eigenvalue weighted by Gasteiger charge is 2.64. The van der Waals surface area contributed by atoms with Crippen molar-refractivity contribution in [3.05, 3.63) is 41.6 Å². The number of rotatable bonds is 14. The van der Waals surface area contributed by atoms with Crippen molar-refractivity contribution in [1.82, 2.24) is 30.0 Å². The Kier molecular flexibility index (Phi) is 9.28. The van der Waals surface area contributed by atoms with Crippen molar-refractivity contribution in [1.29, 1.82) is 0 Å². The highest BCUT2D eigenvalue weighted by Crippen LogP contribution is 2.59. The lowest BCUT2D eigenvalue weighted by Gasteiger charge is -2.27. The minimum Gasteiger partial charge on any atom is -0.354 e. The minimum atomic E-state index is -0.464. The van der Waals surface area contributed by atoms with Crippen LogP contribution in [-0.4, -0.2) is 60.9 Å². The van der Waals surface area contributed by atoms with Crippen LogP contribution < -0.4 is 5.32 Å². The Morgan fingerprint density at radius 1 is 0.953 bits per heavy atom. The Morgan fingerprint density at radius 2 is 1.63 bits per heavy atom. The van der Waals surface area contributed by atoms with Crippen molar-refractivity contribution in [3.8, 4) is 11.1 Å². The van der Waals surface area contributed by atoms with Gasteiger partial charge in [0.15, 0.2) is 5.78 Å². The molecule has 9 heteroatoms. The number of amides is 2. The van der Waals surface area contributed by atoms with Gasteiger partial charge in [-0.3, -0.25) is 19.1 Å². The van der Waals surface area contributed by atoms with Crippen LogP contribution in [0, 0.1) is 19.3 Å². The van der Waals surface area contributed by atoms with Crippen LogP contribution >= 0.6 is 0 Å². The summed E-state index contributed by atoms with van der Waals surface area (Å²) in [5.74, 6) is 0.335. The van der Waals surface area contributed by atoms with Crippen LogP contribution in [-0.2, 0) is 16.1 Å². The molecule has 2 aromatic heterocycles. The van der Waals surface area contributed by atoms with Gasteiger partial charge in [-0.05, 0) is 61.8 Å². The van der Waals surface area contributed by atoms with E-state index in [1.807, 2.05) is 26.0 Å². The van der Waals surface area contributed by atoms with E-state index in [2.05, 4.69) is 34.2 Å². The van der Waals surface area contributed by atoms with Gasteiger partial charge in [-0.25, -0.2) is 9.97 Å². The first-order valence-electron chi connectivity index (χ1n) is 16.0. The molecule has 43 heavy (non-hydrogen) atoms. The van der Waals surface area contributed by atoms with Crippen molar-refractivity contribution >= 4 is 28.5 Å². The zero-order chi connectivity index (χ0) is 30.7. The predicted octanol–water partition coefficient (Wildman–Crippen LogP) is 5.95. The third kappa shape index (κ3) is 6.65. The van der Waals surface area contributed by atoms with Crippen molar-refractivity contribution in [2.45, 2.75) is 117 Å². The average Bonchev–Trinajstić information content (AvgIpc) is 3.32. The van der Waals surface area contributed by atoms with Gasteiger partial charge in [0.1, 0.15) is 24.1 Å². The van der Waals surface area contributed by atoms with Crippen LogP contribution in [0.4, 0.5) is 0 Å². The number of aryl methyl sites for hydroxylation is 2. The number of nitrogens with zero attached hydrogens (tertiary/aromatic N) is 5. The second-order valence-electron chi connectivity index (χ2n) is 12.9. The highest BCUT2D eigenvalue weighted by atomic mass is 16.2. The summed E-state index contributed by atoms with van der Waals surface area (Å²) in [4.78, 5) is 50.2. The second kappa shape index (κ2) is 12.9. The third-order valence-corrected chi connectivity index (χ3v) is 9.32. The SMILES string of the molecule is CCCCCCCCCCNC(=O)[C@@H]1C[C@@]2(C)C[C@H]2N1C(=O)Cn1nc(C(C)=O)c2cc(-c3cnc(C)nc3)cc(C)c21. The van der Waals surface area contributed by atoms with E-state index in [1.54, 1.807) is 22.0 Å². The normalized spacial score (nSPS) is 20.8. The standard InChI is InChI=1S/C34H46N6O3/c1-6-7-8-9-10-11-12-13-14-35-33(43)28-17-34(5)18-29(34)40(28)30(42)21-39-32-22(2)15-25(26-19-36-24(4)37-20-26)16-27(32)31(38-39)23(3)41/h15-16,19-20,28-29H,6-14,17-18,21H2,1-5H3,(H,35,43)/t28-,29+,34-/m0/s1. The molecule has 2 aliphatic rings. The monoisotopic (exact) mass is 586 g/mol. The molecular weight excluding hydrogens is 540 g/mol. The van der Waals surface area contributed by atoms with Crippen molar-refractivity contribution in [2.24, 2.45) is 5.41 Å². The van der Waals surface area contributed by atoms with E-state index < -0.39 is 6.04 Å². The fourth-order valence-corrected chi connectivity index (χ4v) is 6.77. The first-order chi connectivity index (χ1) is 20.6. The number of piperidine rings is 1. The van der Waals surface area contributed by atoms with E-state index in [4.69, 9.17) is 0 Å². The zero-order valence-electron chi connectivity index (χ0n) is 26.4. The lowest BCUT2D eigenvalue weighted by Crippen LogP contribution is -2.49. The van der Waals surface area contributed by atoms with Crippen molar-refractivity contribution in [3.63, 3.8) is 0 Å². The molecule has 1 aliphatic carbocycles. The summed E-state index contributed by atoms with van der Waals surface area (Å²) in [7, 11) is 0. The Hall–Kier alpha value is -3.62. The molecule has 3 atom stereocenters. The lowest BCUT2D eigenvalue weighted by molar-refractivity contribution is -0.140. The van der Waals surface area contributed by atoms with Gasteiger partial charge in [0.05, 0.1) is 5.52 Å². The van der Waals surface area contributed by atoms with Gasteiger partial charge < -0.3 is 10.2 Å². The van der Waals surface area contributed by atoms with Crippen LogP contribution in [0.25, 0.3) is 22.0 Å². The molecule has 1 N–H and O–H groups in total. The quantitative estimate of drug-likeness (QED) is 0.185. The second-order valence-corrected chi connectivity index (χ2v) is 12.9. The number of ketones is 1. The fourth-order valence-electron chi connectivity index (χ4n) is 6.77. The van der Waals surface area contributed by atoms with Crippen LogP contribution in [0.1, 0.15) is 107 Å². The molecule has 230 valence electrons. The number of Topliss-reactive ketones (excluding diaryl/α,β-unsaturated/α-hetero) is 1. The number of aromatic nitrogens is 4. The molecule has 3 heterocycles. The van der Waals surface area contributed by atoms with Crippen LogP contribution in [0.15, 0.2) is 24.5 Å². The maximum atomic E-state index is 13.9. The lowest BCUT2D eigenvalue weighted by atomic mass is 10.0. The number of benzene rings is 1. The molecule has 9 nitrogen and oxygen atoms in total. The number of hydrogen-bond acceptors (Lipinski definition) is 6. The van der Waals surface area contributed by atoms with E-state index in [0.717, 1.165) is 41.5 Å². The Morgan fingerprint density at radius 3 is 2.30 bits per heavy atom. The van der Waals surface area contributed by atoms with Crippen LogP contribution in [0.2, 0.25) is 0 Å². The Balaban J connectivity index is 1.28. The van der Waals surface area contributed by atoms with Gasteiger partial charge in [0.25, 0.3) is 0 Å². The maximum Gasteiger partial charge on any atom is 0.245 e. The predicted molar refractivity (Wildman–Crippen MR) is 168 cm³/mol. The summed E-state index contributed by atoms with van der Waals surface area (Å²) >= 11 is 0. The van der Waals surface area contributed by atoms with Crippen molar-refractivity contribution in [2.75, 3.05) is 6.54 Å². The molecule has 1 saturated carbocycles. The highest BCUT2D eigenvalue weighted by molar-refractivity contribution is 6.07. The molecule has 1 aromatic carbocycles. The summed E-state index contributed by atoms with van der Waals surface area (Å²) in [5, 5.41) is 8.44. The summed E-state index contributed by atoms with van der Waals surface area (Å²) in [6.07, 6.45) is 14.9. The summed E-state index contributed by atoms with van der Waals surface area (Å²) in [5.41, 5.74) is 3.72. The average molecular weight is 587 g/mol. The van der Waals surface area contributed by atoms with Crippen LogP contribution in [0.5, 0.6) is 0 Å². The number of carbonyl (C=O) groups is 3. The largest absolute Gasteiger partial charge is 0.354 e. The number of unbranched alkanes of at least 4 members (excludes halogenated alkanes) is 7. The van der Waals surface area contributed by atoms with E-state index in [0.29, 0.717) is 29.9 Å². The summed E-state index contributed by atoms with van der Waals surface area (Å²) in [6, 6.07) is 3.55. The Labute approximate surface area is 254 Å². The maximum absolute atomic E-state index is 13.9. The summed E-state index contributed by atoms with van der Waals surface area (Å²) < 4.78 is 1.65. The van der Waals surface area contributed by atoms with Crippen LogP contribution in [0.3, 0.4) is 0 Å². The van der Waals surface area contributed by atoms with Gasteiger partial charge in [-0.1, -0.05) is 58.8 Å². The minimum absolute atomic E-state index is 0.00614. The number of likely N-dealkylation sites (tertiary alicyclic amines) is 1. The molecule has 5 rings (SSSR count). The molecule has 0 unspecified atom stereocenters. The number of fused-ring (bicyclic) bond motifs is 2. The number of nitrogens with one attached hydrogen (secondary N) is 1. The van der Waals surface area contributed by atoms with E-state index in [-0.39, 0.29) is 35.6 Å². The smallest absolute Gasteiger partial charge is 0.245 e. The third-order valence-electron chi connectivity index (χ3n) is 9.32. The molecule has 0 bridgehead atoms. The van der Waals surface area contributed by atoms with Gasteiger partial charge in [-0.2, -0.15) is 5.10 Å². The molecule has 1 saturated heterocycles.